The van der Waals surface area contributed by atoms with E-state index in [1.807, 2.05) is 6.92 Å². The van der Waals surface area contributed by atoms with E-state index in [1.165, 1.54) is 6.07 Å². The first-order valence-corrected chi connectivity index (χ1v) is 7.17. The highest BCUT2D eigenvalue weighted by molar-refractivity contribution is 5.92. The fourth-order valence-electron chi connectivity index (χ4n) is 2.60. The summed E-state index contributed by atoms with van der Waals surface area (Å²) in [4.78, 5) is 32.8. The Morgan fingerprint density at radius 1 is 1.35 bits per heavy atom. The number of nitrogens with zero attached hydrogens (tertiary/aromatic N) is 1. The number of ether oxygens (including phenoxy) is 2. The van der Waals surface area contributed by atoms with E-state index in [4.69, 9.17) is 14.6 Å². The van der Waals surface area contributed by atoms with Crippen molar-refractivity contribution in [3.8, 4) is 5.75 Å². The summed E-state index contributed by atoms with van der Waals surface area (Å²) in [6, 6.07) is 3.31. The van der Waals surface area contributed by atoms with E-state index in [-0.39, 0.29) is 12.4 Å². The highest BCUT2D eigenvalue weighted by atomic mass is 16.6. The summed E-state index contributed by atoms with van der Waals surface area (Å²) in [6.07, 6.45) is 3.62. The number of benzene rings is 1. The van der Waals surface area contributed by atoms with Crippen molar-refractivity contribution in [2.75, 3.05) is 6.61 Å². The maximum atomic E-state index is 11.8. The molecule has 2 rings (SSSR count). The predicted octanol–water partition coefficient (Wildman–Crippen LogP) is 2.55. The molecule has 0 heterocycles. The van der Waals surface area contributed by atoms with Crippen molar-refractivity contribution in [1.29, 1.82) is 0 Å². The Kier molecular flexibility index (Phi) is 4.83. The number of esters is 1. The van der Waals surface area contributed by atoms with Gasteiger partial charge in [-0.1, -0.05) is 0 Å². The molecule has 1 aromatic rings. The third-order valence-electron chi connectivity index (χ3n) is 3.77. The van der Waals surface area contributed by atoms with Gasteiger partial charge in [-0.15, -0.1) is 0 Å². The van der Waals surface area contributed by atoms with Gasteiger partial charge >= 0.3 is 11.9 Å². The highest BCUT2D eigenvalue weighted by Crippen LogP contribution is 2.32. The van der Waals surface area contributed by atoms with Crippen molar-refractivity contribution in [3.05, 3.63) is 33.9 Å². The Labute approximate surface area is 132 Å². The third-order valence-corrected chi connectivity index (χ3v) is 3.77. The van der Waals surface area contributed by atoms with Gasteiger partial charge in [-0.25, -0.2) is 9.59 Å². The molecule has 0 saturated heterocycles. The number of carboxylic acids is 1. The molecule has 0 atom stereocenters. The van der Waals surface area contributed by atoms with Gasteiger partial charge in [-0.3, -0.25) is 10.1 Å². The van der Waals surface area contributed by atoms with Crippen molar-refractivity contribution in [2.24, 2.45) is 0 Å². The lowest BCUT2D eigenvalue weighted by atomic mass is 10.1. The topological polar surface area (TPSA) is 116 Å². The SMILES string of the molecule is CC1(OC(=O)COc2ccc(C(=O)O)c([N+](=O)[O-])c2)CCCC1. The molecule has 23 heavy (non-hydrogen) atoms. The molecule has 0 bridgehead atoms. The van der Waals surface area contributed by atoms with Gasteiger partial charge in [-0.05, 0) is 44.7 Å². The molecule has 1 aromatic carbocycles. The number of aromatic carboxylic acids is 1. The van der Waals surface area contributed by atoms with E-state index in [0.29, 0.717) is 0 Å². The Hall–Kier alpha value is -2.64. The second-order valence-electron chi connectivity index (χ2n) is 5.66. The van der Waals surface area contributed by atoms with Crippen LogP contribution in [-0.4, -0.2) is 34.2 Å². The van der Waals surface area contributed by atoms with Gasteiger partial charge in [0.1, 0.15) is 16.9 Å². The number of hydrogen-bond acceptors (Lipinski definition) is 6. The van der Waals surface area contributed by atoms with E-state index in [2.05, 4.69) is 0 Å². The summed E-state index contributed by atoms with van der Waals surface area (Å²) in [5.74, 6) is -1.92. The molecule has 1 aliphatic rings. The maximum absolute atomic E-state index is 11.8. The van der Waals surface area contributed by atoms with Crippen molar-refractivity contribution in [1.82, 2.24) is 0 Å². The lowest BCUT2D eigenvalue weighted by molar-refractivity contribution is -0.385. The largest absolute Gasteiger partial charge is 0.482 e. The summed E-state index contributed by atoms with van der Waals surface area (Å²) < 4.78 is 10.5. The zero-order chi connectivity index (χ0) is 17.0. The molecular weight excluding hydrogens is 306 g/mol. The van der Waals surface area contributed by atoms with E-state index in [1.54, 1.807) is 0 Å². The van der Waals surface area contributed by atoms with Crippen molar-refractivity contribution >= 4 is 17.6 Å². The van der Waals surface area contributed by atoms with Crippen LogP contribution in [-0.2, 0) is 9.53 Å². The van der Waals surface area contributed by atoms with E-state index >= 15 is 0 Å². The summed E-state index contributed by atoms with van der Waals surface area (Å²) >= 11 is 0. The summed E-state index contributed by atoms with van der Waals surface area (Å²) in [5.41, 5.74) is -1.51. The van der Waals surface area contributed by atoms with Gasteiger partial charge in [0.05, 0.1) is 11.0 Å². The van der Waals surface area contributed by atoms with Crippen LogP contribution in [0.15, 0.2) is 18.2 Å². The standard InChI is InChI=1S/C15H17NO7/c1-15(6-2-3-7-15)23-13(17)9-22-10-4-5-11(14(18)19)12(8-10)16(20)21/h4-5,8H,2-3,6-7,9H2,1H3,(H,18,19). The Balaban J connectivity index is 2.00. The fraction of sp³-hybridized carbons (Fsp3) is 0.467. The van der Waals surface area contributed by atoms with Gasteiger partial charge in [0.15, 0.2) is 6.61 Å². The molecule has 1 fully saturated rings. The molecule has 8 heteroatoms. The molecule has 1 saturated carbocycles. The van der Waals surface area contributed by atoms with Crippen LogP contribution in [0.1, 0.15) is 43.0 Å². The van der Waals surface area contributed by atoms with E-state index in [9.17, 15) is 19.7 Å². The fourth-order valence-corrected chi connectivity index (χ4v) is 2.60. The number of nitro benzene ring substituents is 1. The van der Waals surface area contributed by atoms with E-state index < -0.39 is 33.7 Å². The van der Waals surface area contributed by atoms with Gasteiger partial charge in [0.25, 0.3) is 5.69 Å². The Morgan fingerprint density at radius 3 is 2.57 bits per heavy atom. The number of carbonyl (C=O) groups excluding carboxylic acids is 1. The lowest BCUT2D eigenvalue weighted by Crippen LogP contribution is -2.30. The van der Waals surface area contributed by atoms with Crippen molar-refractivity contribution in [3.63, 3.8) is 0 Å². The Bertz CT molecular complexity index is 635. The molecule has 124 valence electrons. The molecule has 1 N–H and O–H groups in total. The third kappa shape index (κ3) is 4.18. The minimum Gasteiger partial charge on any atom is -0.482 e. The molecule has 0 aromatic heterocycles. The zero-order valence-electron chi connectivity index (χ0n) is 12.6. The second kappa shape index (κ2) is 6.64. The molecule has 0 aliphatic heterocycles. The van der Waals surface area contributed by atoms with Crippen LogP contribution in [0.5, 0.6) is 5.75 Å². The van der Waals surface area contributed by atoms with Crippen LogP contribution < -0.4 is 4.74 Å². The number of rotatable bonds is 6. The monoisotopic (exact) mass is 323 g/mol. The molecule has 8 nitrogen and oxygen atoms in total. The first-order valence-electron chi connectivity index (χ1n) is 7.17. The molecular formula is C15H17NO7. The summed E-state index contributed by atoms with van der Waals surface area (Å²) in [6.45, 7) is 1.48. The van der Waals surface area contributed by atoms with Crippen LogP contribution in [0, 0.1) is 10.1 Å². The van der Waals surface area contributed by atoms with E-state index in [0.717, 1.165) is 37.8 Å². The minimum absolute atomic E-state index is 0.0372. The van der Waals surface area contributed by atoms with Gasteiger partial charge in [0, 0.05) is 0 Å². The van der Waals surface area contributed by atoms with Gasteiger partial charge < -0.3 is 14.6 Å². The van der Waals surface area contributed by atoms with Gasteiger partial charge in [-0.2, -0.15) is 0 Å². The van der Waals surface area contributed by atoms with Crippen LogP contribution in [0.3, 0.4) is 0 Å². The Morgan fingerprint density at radius 2 is 2.00 bits per heavy atom. The molecule has 0 spiro atoms. The minimum atomic E-state index is -1.41. The van der Waals surface area contributed by atoms with Crippen LogP contribution >= 0.6 is 0 Å². The number of hydrogen-bond donors (Lipinski definition) is 1. The predicted molar refractivity (Wildman–Crippen MR) is 78.5 cm³/mol. The molecule has 0 radical (unpaired) electrons. The van der Waals surface area contributed by atoms with Crippen LogP contribution in [0.25, 0.3) is 0 Å². The summed E-state index contributed by atoms with van der Waals surface area (Å²) in [5, 5.41) is 19.8. The average molecular weight is 323 g/mol. The smallest absolute Gasteiger partial charge is 0.344 e. The first-order chi connectivity index (χ1) is 10.8. The average Bonchev–Trinajstić information content (AvgIpc) is 2.90. The molecule has 0 amide bonds. The first kappa shape index (κ1) is 16.7. The molecule has 0 unspecified atom stereocenters. The molecule has 1 aliphatic carbocycles. The summed E-state index contributed by atoms with van der Waals surface area (Å²) in [7, 11) is 0. The second-order valence-corrected chi connectivity index (χ2v) is 5.66. The van der Waals surface area contributed by atoms with Crippen LogP contribution in [0.2, 0.25) is 0 Å². The quantitative estimate of drug-likeness (QED) is 0.485. The maximum Gasteiger partial charge on any atom is 0.344 e. The van der Waals surface area contributed by atoms with Gasteiger partial charge in [0.2, 0.25) is 0 Å². The zero-order valence-corrected chi connectivity index (χ0v) is 12.6. The van der Waals surface area contributed by atoms with Crippen LogP contribution in [0.4, 0.5) is 5.69 Å². The lowest BCUT2D eigenvalue weighted by Gasteiger charge is -2.23. The number of carbonyl (C=O) groups is 2. The highest BCUT2D eigenvalue weighted by Gasteiger charge is 2.32. The van der Waals surface area contributed by atoms with Crippen molar-refractivity contribution in [2.45, 2.75) is 38.2 Å². The normalized spacial score (nSPS) is 15.9. The number of nitro groups is 1. The van der Waals surface area contributed by atoms with Crippen molar-refractivity contribution < 1.29 is 29.1 Å². The number of carboxylic acid groups (broad SMARTS) is 1.